The Hall–Kier alpha value is -1.67. The first kappa shape index (κ1) is 9.87. The third kappa shape index (κ3) is 1.64. The highest BCUT2D eigenvalue weighted by molar-refractivity contribution is 7.16. The summed E-state index contributed by atoms with van der Waals surface area (Å²) < 4.78 is 1.77. The van der Waals surface area contributed by atoms with Crippen LogP contribution in [0.15, 0.2) is 41.7 Å². The van der Waals surface area contributed by atoms with Gasteiger partial charge in [0.05, 0.1) is 0 Å². The zero-order valence-electron chi connectivity index (χ0n) is 8.19. The maximum absolute atomic E-state index is 12.0. The normalized spacial score (nSPS) is 11.9. The quantitative estimate of drug-likeness (QED) is 0.705. The van der Waals surface area contributed by atoms with Gasteiger partial charge in [-0.1, -0.05) is 37.4 Å². The molecule has 0 bridgehead atoms. The summed E-state index contributed by atoms with van der Waals surface area (Å²) in [6.07, 6.45) is 3.33. The van der Waals surface area contributed by atoms with Crippen molar-refractivity contribution in [1.82, 2.24) is 0 Å². The molecule has 0 saturated carbocycles. The van der Waals surface area contributed by atoms with Gasteiger partial charge in [0.1, 0.15) is 0 Å². The lowest BCUT2D eigenvalue weighted by atomic mass is 10.2. The first-order valence-corrected chi connectivity index (χ1v) is 5.39. The van der Waals surface area contributed by atoms with Crippen LogP contribution in [0.3, 0.4) is 0 Å². The minimum absolute atomic E-state index is 0.0363. The third-order valence-electron chi connectivity index (χ3n) is 2.19. The number of rotatable bonds is 1. The molecule has 74 valence electrons. The summed E-state index contributed by atoms with van der Waals surface area (Å²) in [7, 11) is 0. The molecular formula is C13H10OS. The van der Waals surface area contributed by atoms with Gasteiger partial charge in [-0.3, -0.25) is 4.79 Å². The van der Waals surface area contributed by atoms with Crippen LogP contribution in [0.4, 0.5) is 0 Å². The molecule has 0 aliphatic rings. The Labute approximate surface area is 91.3 Å². The molecule has 0 fully saturated rings. The van der Waals surface area contributed by atoms with Crippen LogP contribution in [0.1, 0.15) is 0 Å². The molecule has 0 aliphatic heterocycles. The van der Waals surface area contributed by atoms with E-state index in [1.165, 1.54) is 11.3 Å². The number of allylic oxidation sites excluding steroid dienone is 1. The second kappa shape index (κ2) is 3.83. The monoisotopic (exact) mass is 214 g/mol. The van der Waals surface area contributed by atoms with E-state index in [1.54, 1.807) is 12.2 Å². The lowest BCUT2D eigenvalue weighted by Crippen LogP contribution is -2.36. The first-order chi connectivity index (χ1) is 7.24. The molecule has 15 heavy (non-hydrogen) atoms. The van der Waals surface area contributed by atoms with Crippen LogP contribution in [0.25, 0.3) is 22.7 Å². The molecule has 1 aromatic heterocycles. The Morgan fingerprint density at radius 2 is 2.00 bits per heavy atom. The van der Waals surface area contributed by atoms with Gasteiger partial charge in [-0.05, 0) is 12.1 Å². The molecule has 1 aromatic carbocycles. The number of hydrogen-bond donors (Lipinski definition) is 0. The van der Waals surface area contributed by atoms with Crippen LogP contribution >= 0.6 is 11.3 Å². The molecule has 0 radical (unpaired) electrons. The Morgan fingerprint density at radius 1 is 1.27 bits per heavy atom. The number of fused-ring (bicyclic) bond motifs is 1. The van der Waals surface area contributed by atoms with E-state index in [4.69, 9.17) is 0 Å². The molecular weight excluding hydrogens is 204 g/mol. The van der Waals surface area contributed by atoms with E-state index in [2.05, 4.69) is 13.2 Å². The fourth-order valence-corrected chi connectivity index (χ4v) is 2.44. The standard InChI is InChI=1S/C13H10OS/c1-3-6-10-9(2)15-12-8-5-4-7-11(12)13(10)14/h3-8H,1-2H2/b10-6+. The summed E-state index contributed by atoms with van der Waals surface area (Å²) in [5, 5.41) is 1.40. The van der Waals surface area contributed by atoms with Crippen LogP contribution < -0.4 is 15.2 Å². The largest absolute Gasteiger partial charge is 0.289 e. The second-order valence-corrected chi connectivity index (χ2v) is 4.30. The maximum Gasteiger partial charge on any atom is 0.195 e. The van der Waals surface area contributed by atoms with Crippen molar-refractivity contribution in [3.8, 4) is 0 Å². The van der Waals surface area contributed by atoms with Crippen molar-refractivity contribution >= 4 is 34.1 Å². The molecule has 2 heteroatoms. The molecule has 0 aliphatic carbocycles. The second-order valence-electron chi connectivity index (χ2n) is 3.17. The molecule has 0 amide bonds. The maximum atomic E-state index is 12.0. The van der Waals surface area contributed by atoms with Crippen LogP contribution in [-0.2, 0) is 0 Å². The van der Waals surface area contributed by atoms with E-state index in [0.717, 1.165) is 14.6 Å². The smallest absolute Gasteiger partial charge is 0.195 e. The van der Waals surface area contributed by atoms with Gasteiger partial charge in [0.2, 0.25) is 0 Å². The van der Waals surface area contributed by atoms with Crippen LogP contribution in [-0.4, -0.2) is 0 Å². The van der Waals surface area contributed by atoms with Crippen molar-refractivity contribution in [3.63, 3.8) is 0 Å². The predicted octanol–water partition coefficient (Wildman–Crippen LogP) is 1.64. The van der Waals surface area contributed by atoms with E-state index in [0.29, 0.717) is 5.22 Å². The van der Waals surface area contributed by atoms with Crippen molar-refractivity contribution < 1.29 is 0 Å². The Morgan fingerprint density at radius 3 is 2.73 bits per heavy atom. The summed E-state index contributed by atoms with van der Waals surface area (Å²) in [5.41, 5.74) is 0.0363. The minimum Gasteiger partial charge on any atom is -0.289 e. The Bertz CT molecular complexity index is 680. The molecule has 0 N–H and O–H groups in total. The highest BCUT2D eigenvalue weighted by Gasteiger charge is 1.99. The summed E-state index contributed by atoms with van der Waals surface area (Å²) in [6.45, 7) is 7.49. The van der Waals surface area contributed by atoms with Gasteiger partial charge in [-0.25, -0.2) is 0 Å². The topological polar surface area (TPSA) is 17.1 Å². The average Bonchev–Trinajstić information content (AvgIpc) is 2.24. The SMILES string of the molecule is C=C/C=c1\c(=C)sc2ccccc2c1=O. The van der Waals surface area contributed by atoms with Crippen LogP contribution in [0, 0.1) is 0 Å². The van der Waals surface area contributed by atoms with Crippen LogP contribution in [0.5, 0.6) is 0 Å². The van der Waals surface area contributed by atoms with Crippen molar-refractivity contribution in [2.45, 2.75) is 0 Å². The Balaban J connectivity index is 3.11. The summed E-state index contributed by atoms with van der Waals surface area (Å²) >= 11 is 1.53. The average molecular weight is 214 g/mol. The number of hydrogen-bond acceptors (Lipinski definition) is 2. The van der Waals surface area contributed by atoms with E-state index in [9.17, 15) is 4.79 Å². The highest BCUT2D eigenvalue weighted by atomic mass is 32.1. The van der Waals surface area contributed by atoms with Crippen molar-refractivity contribution in [2.75, 3.05) is 0 Å². The van der Waals surface area contributed by atoms with Crippen LogP contribution in [0.2, 0.25) is 0 Å². The zero-order chi connectivity index (χ0) is 10.8. The Kier molecular flexibility index (Phi) is 2.52. The molecule has 2 aromatic rings. The third-order valence-corrected chi connectivity index (χ3v) is 3.24. The van der Waals surface area contributed by atoms with Gasteiger partial charge >= 0.3 is 0 Å². The molecule has 1 heterocycles. The van der Waals surface area contributed by atoms with Gasteiger partial charge < -0.3 is 0 Å². The molecule has 0 unspecified atom stereocenters. The molecule has 2 rings (SSSR count). The fourth-order valence-electron chi connectivity index (χ4n) is 1.49. The van der Waals surface area contributed by atoms with Gasteiger partial charge in [0.15, 0.2) is 5.43 Å². The number of benzene rings is 1. The van der Waals surface area contributed by atoms with Gasteiger partial charge in [0.25, 0.3) is 0 Å². The van der Waals surface area contributed by atoms with Crippen molar-refractivity contribution in [2.24, 2.45) is 0 Å². The lowest BCUT2D eigenvalue weighted by molar-refractivity contribution is 1.58. The molecule has 0 saturated heterocycles. The predicted molar refractivity (Wildman–Crippen MR) is 67.5 cm³/mol. The summed E-state index contributed by atoms with van der Waals surface area (Å²) in [4.78, 5) is 12.0. The van der Waals surface area contributed by atoms with E-state index in [-0.39, 0.29) is 5.43 Å². The summed E-state index contributed by atoms with van der Waals surface area (Å²) in [5.74, 6) is 0. The van der Waals surface area contributed by atoms with Gasteiger partial charge in [-0.15, -0.1) is 11.3 Å². The highest BCUT2D eigenvalue weighted by Crippen LogP contribution is 2.09. The van der Waals surface area contributed by atoms with Gasteiger partial charge in [-0.2, -0.15) is 0 Å². The van der Waals surface area contributed by atoms with Gasteiger partial charge in [0, 0.05) is 19.8 Å². The molecule has 0 spiro atoms. The first-order valence-electron chi connectivity index (χ1n) is 4.57. The fraction of sp³-hybridized carbons (Fsp3) is 0. The van der Waals surface area contributed by atoms with Crippen molar-refractivity contribution in [3.05, 3.63) is 56.9 Å². The van der Waals surface area contributed by atoms with E-state index in [1.807, 2.05) is 24.3 Å². The summed E-state index contributed by atoms with van der Waals surface area (Å²) in [6, 6.07) is 7.58. The molecule has 0 atom stereocenters. The lowest BCUT2D eigenvalue weighted by Gasteiger charge is -1.95. The zero-order valence-corrected chi connectivity index (χ0v) is 9.01. The van der Waals surface area contributed by atoms with E-state index < -0.39 is 0 Å². The van der Waals surface area contributed by atoms with Crippen molar-refractivity contribution in [1.29, 1.82) is 0 Å². The minimum atomic E-state index is 0.0363. The van der Waals surface area contributed by atoms with E-state index >= 15 is 0 Å². The molecule has 1 nitrogen and oxygen atoms in total.